The molecule has 7 nitrogen and oxygen atoms in total. The second-order valence-electron chi connectivity index (χ2n) is 5.38. The number of carbonyl (C=O) groups is 1. The maximum absolute atomic E-state index is 11.8. The average molecular weight is 281 g/mol. The summed E-state index contributed by atoms with van der Waals surface area (Å²) in [6, 6.07) is 1.20. The Morgan fingerprint density at radius 1 is 1.40 bits per heavy atom. The van der Waals surface area contributed by atoms with Crippen LogP contribution in [0.5, 0.6) is 0 Å². The third-order valence-electron chi connectivity index (χ3n) is 3.87. The van der Waals surface area contributed by atoms with E-state index in [-0.39, 0.29) is 24.5 Å². The highest BCUT2D eigenvalue weighted by Gasteiger charge is 2.33. The molecule has 0 radical (unpaired) electrons. The van der Waals surface area contributed by atoms with Crippen LogP contribution in [0.25, 0.3) is 0 Å². The quantitative estimate of drug-likeness (QED) is 0.657. The lowest BCUT2D eigenvalue weighted by Gasteiger charge is -2.26. The van der Waals surface area contributed by atoms with Gasteiger partial charge in [-0.25, -0.2) is 4.79 Å². The number of carbonyl (C=O) groups excluding carboxylic acids is 1. The first-order valence-electron chi connectivity index (χ1n) is 6.72. The van der Waals surface area contributed by atoms with E-state index < -0.39 is 11.2 Å². The Morgan fingerprint density at radius 3 is 2.70 bits per heavy atom. The van der Waals surface area contributed by atoms with Crippen molar-refractivity contribution in [1.82, 2.24) is 14.9 Å². The molecule has 0 unspecified atom stereocenters. The van der Waals surface area contributed by atoms with Gasteiger partial charge in [-0.15, -0.1) is 0 Å². The van der Waals surface area contributed by atoms with Crippen molar-refractivity contribution in [3.05, 3.63) is 33.1 Å². The summed E-state index contributed by atoms with van der Waals surface area (Å²) in [6.07, 6.45) is 5.23. The molecule has 0 atom stereocenters. The predicted molar refractivity (Wildman–Crippen MR) is 72.3 cm³/mol. The van der Waals surface area contributed by atoms with Crippen molar-refractivity contribution in [3.63, 3.8) is 0 Å². The van der Waals surface area contributed by atoms with Crippen LogP contribution in [0.15, 0.2) is 21.9 Å². The highest BCUT2D eigenvalue weighted by Crippen LogP contribution is 2.36. The zero-order chi connectivity index (χ0) is 14.6. The SMILES string of the molecule is O=C(Cn1ccc(=O)[nH]c1=O)NCC1(CO)CCCC1. The lowest BCUT2D eigenvalue weighted by atomic mass is 9.87. The molecule has 1 heterocycles. The Hall–Kier alpha value is -1.89. The van der Waals surface area contributed by atoms with Crippen molar-refractivity contribution in [2.45, 2.75) is 32.2 Å². The van der Waals surface area contributed by atoms with Gasteiger partial charge in [-0.2, -0.15) is 0 Å². The molecule has 1 fully saturated rings. The van der Waals surface area contributed by atoms with Crippen LogP contribution in [0.1, 0.15) is 25.7 Å². The van der Waals surface area contributed by atoms with Crippen LogP contribution in [-0.4, -0.2) is 33.7 Å². The van der Waals surface area contributed by atoms with Gasteiger partial charge in [-0.1, -0.05) is 12.8 Å². The van der Waals surface area contributed by atoms with E-state index in [9.17, 15) is 19.5 Å². The van der Waals surface area contributed by atoms with Crippen molar-refractivity contribution in [3.8, 4) is 0 Å². The first-order chi connectivity index (χ1) is 9.54. The number of aliphatic hydroxyl groups excluding tert-OH is 1. The average Bonchev–Trinajstić information content (AvgIpc) is 2.89. The summed E-state index contributed by atoms with van der Waals surface area (Å²) in [6.45, 7) is 0.337. The lowest BCUT2D eigenvalue weighted by Crippen LogP contribution is -2.41. The van der Waals surface area contributed by atoms with E-state index in [4.69, 9.17) is 0 Å². The minimum Gasteiger partial charge on any atom is -0.396 e. The fourth-order valence-electron chi connectivity index (χ4n) is 2.58. The van der Waals surface area contributed by atoms with Gasteiger partial charge in [0.1, 0.15) is 6.54 Å². The lowest BCUT2D eigenvalue weighted by molar-refractivity contribution is -0.122. The van der Waals surface area contributed by atoms with E-state index in [1.54, 1.807) is 0 Å². The molecular formula is C13H19N3O4. The van der Waals surface area contributed by atoms with Crippen LogP contribution in [0.2, 0.25) is 0 Å². The Labute approximate surface area is 115 Å². The minimum atomic E-state index is -0.606. The number of aromatic nitrogens is 2. The Balaban J connectivity index is 1.92. The van der Waals surface area contributed by atoms with Crippen LogP contribution in [0.4, 0.5) is 0 Å². The molecule has 110 valence electrons. The molecule has 0 saturated heterocycles. The smallest absolute Gasteiger partial charge is 0.328 e. The third-order valence-corrected chi connectivity index (χ3v) is 3.87. The van der Waals surface area contributed by atoms with Crippen LogP contribution >= 0.6 is 0 Å². The zero-order valence-electron chi connectivity index (χ0n) is 11.2. The zero-order valence-corrected chi connectivity index (χ0v) is 11.2. The van der Waals surface area contributed by atoms with E-state index in [2.05, 4.69) is 10.3 Å². The van der Waals surface area contributed by atoms with Gasteiger partial charge >= 0.3 is 5.69 Å². The number of aliphatic hydroxyl groups is 1. The number of hydrogen-bond donors (Lipinski definition) is 3. The fraction of sp³-hybridized carbons (Fsp3) is 0.615. The molecule has 3 N–H and O–H groups in total. The Kier molecular flexibility index (Phi) is 4.39. The predicted octanol–water partition coefficient (Wildman–Crippen LogP) is -0.794. The van der Waals surface area contributed by atoms with Crippen molar-refractivity contribution < 1.29 is 9.90 Å². The minimum absolute atomic E-state index is 0.0614. The molecule has 1 aliphatic carbocycles. The van der Waals surface area contributed by atoms with Crippen LogP contribution in [0, 0.1) is 5.41 Å². The molecule has 1 saturated carbocycles. The van der Waals surface area contributed by atoms with Gasteiger partial charge in [-0.05, 0) is 12.8 Å². The second kappa shape index (κ2) is 6.04. The fourth-order valence-corrected chi connectivity index (χ4v) is 2.58. The number of rotatable bonds is 5. The van der Waals surface area contributed by atoms with Gasteiger partial charge < -0.3 is 10.4 Å². The molecule has 2 rings (SSSR count). The summed E-state index contributed by atoms with van der Waals surface area (Å²) in [5, 5.41) is 12.2. The summed E-state index contributed by atoms with van der Waals surface area (Å²) in [5.74, 6) is -0.307. The Bertz CT molecular complexity index is 584. The summed E-state index contributed by atoms with van der Waals surface area (Å²) in [5.41, 5.74) is -1.31. The molecule has 7 heteroatoms. The van der Waals surface area contributed by atoms with Gasteiger partial charge in [0.2, 0.25) is 5.91 Å². The number of amides is 1. The molecule has 1 aromatic rings. The molecule has 0 bridgehead atoms. The van der Waals surface area contributed by atoms with Crippen molar-refractivity contribution in [2.75, 3.05) is 13.2 Å². The van der Waals surface area contributed by atoms with Gasteiger partial charge in [0.25, 0.3) is 5.56 Å². The molecule has 0 aliphatic heterocycles. The summed E-state index contributed by atoms with van der Waals surface area (Å²) in [4.78, 5) is 36.3. The topological polar surface area (TPSA) is 104 Å². The third kappa shape index (κ3) is 3.36. The maximum atomic E-state index is 11.8. The molecule has 0 aromatic carbocycles. The molecular weight excluding hydrogens is 262 g/mol. The molecule has 1 aliphatic rings. The second-order valence-corrected chi connectivity index (χ2v) is 5.38. The van der Waals surface area contributed by atoms with E-state index >= 15 is 0 Å². The Morgan fingerprint density at radius 2 is 2.10 bits per heavy atom. The molecule has 20 heavy (non-hydrogen) atoms. The number of aromatic amines is 1. The highest BCUT2D eigenvalue weighted by atomic mass is 16.3. The van der Waals surface area contributed by atoms with Crippen LogP contribution in [-0.2, 0) is 11.3 Å². The molecule has 1 amide bonds. The highest BCUT2D eigenvalue weighted by molar-refractivity contribution is 5.75. The van der Waals surface area contributed by atoms with Gasteiger partial charge in [0.15, 0.2) is 0 Å². The first-order valence-corrected chi connectivity index (χ1v) is 6.72. The number of H-pyrrole nitrogens is 1. The number of nitrogens with zero attached hydrogens (tertiary/aromatic N) is 1. The van der Waals surface area contributed by atoms with Gasteiger partial charge in [0.05, 0.1) is 6.61 Å². The van der Waals surface area contributed by atoms with E-state index in [1.807, 2.05) is 0 Å². The number of hydrogen-bond acceptors (Lipinski definition) is 4. The van der Waals surface area contributed by atoms with Crippen LogP contribution < -0.4 is 16.6 Å². The summed E-state index contributed by atoms with van der Waals surface area (Å²) >= 11 is 0. The van der Waals surface area contributed by atoms with Gasteiger partial charge in [0, 0.05) is 24.2 Å². The van der Waals surface area contributed by atoms with E-state index in [0.717, 1.165) is 30.3 Å². The largest absolute Gasteiger partial charge is 0.396 e. The summed E-state index contributed by atoms with van der Waals surface area (Å²) in [7, 11) is 0. The standard InChI is InChI=1S/C13H19N3O4/c17-9-13(4-1-2-5-13)8-14-11(19)7-16-6-3-10(18)15-12(16)20/h3,6,17H,1-2,4-5,7-9H2,(H,14,19)(H,15,18,20). The first kappa shape index (κ1) is 14.5. The molecule has 1 aromatic heterocycles. The van der Waals surface area contributed by atoms with Crippen molar-refractivity contribution in [1.29, 1.82) is 0 Å². The van der Waals surface area contributed by atoms with Crippen LogP contribution in [0.3, 0.4) is 0 Å². The monoisotopic (exact) mass is 281 g/mol. The normalized spacial score (nSPS) is 17.1. The van der Waals surface area contributed by atoms with E-state index in [0.29, 0.717) is 6.54 Å². The molecule has 0 spiro atoms. The number of nitrogens with one attached hydrogen (secondary N) is 2. The van der Waals surface area contributed by atoms with E-state index in [1.165, 1.54) is 12.3 Å². The van der Waals surface area contributed by atoms with Crippen molar-refractivity contribution >= 4 is 5.91 Å². The maximum Gasteiger partial charge on any atom is 0.328 e. The summed E-state index contributed by atoms with van der Waals surface area (Å²) < 4.78 is 1.14. The van der Waals surface area contributed by atoms with Gasteiger partial charge in [-0.3, -0.25) is 19.1 Å². The van der Waals surface area contributed by atoms with Crippen molar-refractivity contribution in [2.24, 2.45) is 5.41 Å².